The molecule has 0 aliphatic carbocycles. The largest absolute Gasteiger partial charge is 0.294 e. The molecule has 3 aromatic carbocycles. The van der Waals surface area contributed by atoms with Crippen LogP contribution in [0.25, 0.3) is 0 Å². The zero-order chi connectivity index (χ0) is 28.9. The fraction of sp³-hybridized carbons (Fsp3) is 0.286. The predicted octanol–water partition coefficient (Wildman–Crippen LogP) is 6.71. The van der Waals surface area contributed by atoms with Crippen LogP contribution >= 0.6 is 34.8 Å². The number of hydrogen-bond donors (Lipinski definition) is 2. The number of carbonyl (C=O) groups excluding carboxylic acids is 1. The van der Waals surface area contributed by atoms with E-state index in [1.807, 2.05) is 42.3 Å². The average Bonchev–Trinajstić information content (AvgIpc) is 3.35. The molecule has 1 fully saturated rings. The smallest absolute Gasteiger partial charge is 0.284 e. The maximum atomic E-state index is 12.9. The summed E-state index contributed by atoms with van der Waals surface area (Å²) in [6.45, 7) is 3.58. The third kappa shape index (κ3) is 7.96. The Labute approximate surface area is 249 Å². The van der Waals surface area contributed by atoms with Crippen molar-refractivity contribution in [3.05, 3.63) is 92.9 Å². The minimum Gasteiger partial charge on any atom is -0.284 e. The van der Waals surface area contributed by atoms with E-state index in [-0.39, 0.29) is 16.8 Å². The number of nitrogens with one attached hydrogen (secondary N) is 1. The number of halogens is 3. The normalized spacial score (nSPS) is 17.6. The molecule has 12 heteroatoms. The van der Waals surface area contributed by atoms with Gasteiger partial charge in [-0.25, -0.2) is 5.01 Å². The number of piperidine rings is 1. The molecule has 2 aliphatic rings. The third-order valence-electron chi connectivity index (χ3n) is 6.52. The topological polar surface area (TPSA) is 102 Å². The van der Waals surface area contributed by atoms with Gasteiger partial charge >= 0.3 is 0 Å². The van der Waals surface area contributed by atoms with E-state index in [1.165, 1.54) is 18.6 Å². The quantitative estimate of drug-likeness (QED) is 0.306. The van der Waals surface area contributed by atoms with E-state index < -0.39 is 10.1 Å². The first-order valence-electron chi connectivity index (χ1n) is 12.7. The molecule has 2 heterocycles. The summed E-state index contributed by atoms with van der Waals surface area (Å²) in [5, 5.41) is 10.1. The molecular weight excluding hydrogens is 595 g/mol. The Balaban J connectivity index is 0.000000283. The van der Waals surface area contributed by atoms with E-state index in [0.717, 1.165) is 37.1 Å². The SMILES string of the molecule is Cc1ccc(S(=O)(=O)O)cc1.O=C(NN1CCCCC1)C1=NN(c2ccc(Cl)cc2Cl)C(c2ccc(Cl)cc2)C1. The Morgan fingerprint density at radius 2 is 1.55 bits per heavy atom. The molecule has 8 nitrogen and oxygen atoms in total. The fourth-order valence-corrected chi connectivity index (χ4v) is 5.51. The van der Waals surface area contributed by atoms with Gasteiger partial charge in [-0.15, -0.1) is 0 Å². The first-order chi connectivity index (χ1) is 19.0. The summed E-state index contributed by atoms with van der Waals surface area (Å²) < 4.78 is 29.6. The number of amides is 1. The van der Waals surface area contributed by atoms with Gasteiger partial charge in [-0.3, -0.25) is 19.8 Å². The van der Waals surface area contributed by atoms with Crippen LogP contribution in [0.1, 0.15) is 42.9 Å². The second kappa shape index (κ2) is 13.3. The van der Waals surface area contributed by atoms with Gasteiger partial charge in [0.1, 0.15) is 5.71 Å². The van der Waals surface area contributed by atoms with Crippen molar-refractivity contribution >= 4 is 62.2 Å². The van der Waals surface area contributed by atoms with Crippen LogP contribution < -0.4 is 10.4 Å². The summed E-state index contributed by atoms with van der Waals surface area (Å²) in [5.41, 5.74) is 6.14. The van der Waals surface area contributed by atoms with Crippen LogP contribution in [0.3, 0.4) is 0 Å². The Hall–Kier alpha value is -2.66. The molecular formula is C28H29Cl3N4O4S. The summed E-state index contributed by atoms with van der Waals surface area (Å²) in [4.78, 5) is 12.8. The Kier molecular flexibility index (Phi) is 10.1. The van der Waals surface area contributed by atoms with E-state index >= 15 is 0 Å². The highest BCUT2D eigenvalue weighted by atomic mass is 35.5. The monoisotopic (exact) mass is 622 g/mol. The molecule has 2 N–H and O–H groups in total. The second-order valence-electron chi connectivity index (χ2n) is 9.54. The molecule has 0 aromatic heterocycles. The minimum absolute atomic E-state index is 0.0666. The molecule has 0 bridgehead atoms. The molecule has 0 spiro atoms. The van der Waals surface area contributed by atoms with Crippen molar-refractivity contribution in [2.24, 2.45) is 5.10 Å². The molecule has 1 atom stereocenters. The number of rotatable bonds is 5. The maximum absolute atomic E-state index is 12.9. The highest BCUT2D eigenvalue weighted by Gasteiger charge is 2.34. The molecule has 2 aliphatic heterocycles. The summed E-state index contributed by atoms with van der Waals surface area (Å²) in [5.74, 6) is -0.168. The summed E-state index contributed by atoms with van der Waals surface area (Å²) in [7, 11) is -4.02. The second-order valence-corrected chi connectivity index (χ2v) is 12.2. The van der Waals surface area contributed by atoms with E-state index in [1.54, 1.807) is 29.3 Å². The lowest BCUT2D eigenvalue weighted by Crippen LogP contribution is -2.47. The lowest BCUT2D eigenvalue weighted by Gasteiger charge is -2.26. The molecule has 3 aromatic rings. The van der Waals surface area contributed by atoms with Gasteiger partial charge < -0.3 is 0 Å². The summed E-state index contributed by atoms with van der Waals surface area (Å²) in [6.07, 6.45) is 3.86. The van der Waals surface area contributed by atoms with Gasteiger partial charge in [0.15, 0.2) is 0 Å². The van der Waals surface area contributed by atoms with Crippen LogP contribution in [0.4, 0.5) is 5.69 Å². The number of hydrazine groups is 1. The van der Waals surface area contributed by atoms with Gasteiger partial charge in [-0.2, -0.15) is 13.5 Å². The summed E-state index contributed by atoms with van der Waals surface area (Å²) in [6, 6.07) is 18.7. The first kappa shape index (κ1) is 30.3. The fourth-order valence-electron chi connectivity index (χ4n) is 4.41. The molecule has 0 saturated carbocycles. The van der Waals surface area contributed by atoms with Crippen LogP contribution in [-0.2, 0) is 14.9 Å². The first-order valence-corrected chi connectivity index (χ1v) is 15.3. The van der Waals surface area contributed by atoms with Gasteiger partial charge in [0, 0.05) is 29.6 Å². The van der Waals surface area contributed by atoms with E-state index in [0.29, 0.717) is 32.9 Å². The van der Waals surface area contributed by atoms with Crippen molar-refractivity contribution in [3.8, 4) is 0 Å². The van der Waals surface area contributed by atoms with Gasteiger partial charge in [0.2, 0.25) is 0 Å². The average molecular weight is 624 g/mol. The zero-order valence-corrected chi connectivity index (χ0v) is 24.8. The molecule has 5 rings (SSSR count). The van der Waals surface area contributed by atoms with Crippen LogP contribution in [-0.4, -0.2) is 42.7 Å². The highest BCUT2D eigenvalue weighted by molar-refractivity contribution is 7.85. The Morgan fingerprint density at radius 3 is 2.15 bits per heavy atom. The number of nitrogens with zero attached hydrogens (tertiary/aromatic N) is 3. The van der Waals surface area contributed by atoms with Crippen molar-refractivity contribution in [1.29, 1.82) is 0 Å². The van der Waals surface area contributed by atoms with E-state index in [9.17, 15) is 13.2 Å². The van der Waals surface area contributed by atoms with Crippen molar-refractivity contribution < 1.29 is 17.8 Å². The zero-order valence-electron chi connectivity index (χ0n) is 21.7. The van der Waals surface area contributed by atoms with Crippen molar-refractivity contribution in [1.82, 2.24) is 10.4 Å². The number of carbonyl (C=O) groups is 1. The maximum Gasteiger partial charge on any atom is 0.294 e. The summed E-state index contributed by atoms with van der Waals surface area (Å²) >= 11 is 18.6. The predicted molar refractivity (Wildman–Crippen MR) is 160 cm³/mol. The van der Waals surface area contributed by atoms with Crippen molar-refractivity contribution in [2.75, 3.05) is 18.1 Å². The number of hydrogen-bond acceptors (Lipinski definition) is 6. The standard InChI is InChI=1S/C21H21Cl3N4O.C7H8O3S/c22-15-6-4-14(5-7-15)20-13-18(21(29)26-27-10-2-1-3-11-27)25-28(20)19-9-8-16(23)12-17(19)24;1-6-2-4-7(5-3-6)11(8,9)10/h4-9,12,20H,1-3,10-11,13H2,(H,26,29);2-5H,1H3,(H,8,9,10). The van der Waals surface area contributed by atoms with Gasteiger partial charge in [-0.05, 0) is 67.8 Å². The third-order valence-corrected chi connectivity index (χ3v) is 8.18. The molecule has 212 valence electrons. The lowest BCUT2D eigenvalue weighted by atomic mass is 10.0. The van der Waals surface area contributed by atoms with Gasteiger partial charge in [-0.1, -0.05) is 71.1 Å². The van der Waals surface area contributed by atoms with Crippen LogP contribution in [0.15, 0.2) is 76.7 Å². The number of hydrazone groups is 1. The van der Waals surface area contributed by atoms with Crippen LogP contribution in [0.2, 0.25) is 15.1 Å². The lowest BCUT2D eigenvalue weighted by molar-refractivity contribution is -0.119. The Bertz CT molecular complexity index is 1480. The van der Waals surface area contributed by atoms with Crippen molar-refractivity contribution in [3.63, 3.8) is 0 Å². The molecule has 40 heavy (non-hydrogen) atoms. The van der Waals surface area contributed by atoms with Crippen molar-refractivity contribution in [2.45, 2.75) is 43.5 Å². The van der Waals surface area contributed by atoms with Gasteiger partial charge in [0.25, 0.3) is 16.0 Å². The van der Waals surface area contributed by atoms with Gasteiger partial charge in [0.05, 0.1) is 21.6 Å². The molecule has 1 saturated heterocycles. The van der Waals surface area contributed by atoms with Crippen LogP contribution in [0, 0.1) is 6.92 Å². The number of anilines is 1. The molecule has 0 radical (unpaired) electrons. The molecule has 1 amide bonds. The molecule has 1 unspecified atom stereocenters. The minimum atomic E-state index is -4.02. The van der Waals surface area contributed by atoms with Crippen LogP contribution in [0.5, 0.6) is 0 Å². The highest BCUT2D eigenvalue weighted by Crippen LogP contribution is 2.39. The number of benzene rings is 3. The number of aryl methyl sites for hydroxylation is 1. The Morgan fingerprint density at radius 1 is 0.925 bits per heavy atom. The van der Waals surface area contributed by atoms with E-state index in [2.05, 4.69) is 10.5 Å². The van der Waals surface area contributed by atoms with E-state index in [4.69, 9.17) is 39.4 Å².